The maximum atomic E-state index is 7.69. The Kier molecular flexibility index (Phi) is 9.80. The number of benzene rings is 6. The van der Waals surface area contributed by atoms with Gasteiger partial charge in [-0.3, -0.25) is 4.90 Å². The molecule has 0 N–H and O–H groups in total. The van der Waals surface area contributed by atoms with Crippen molar-refractivity contribution in [2.45, 2.75) is 155 Å². The molecule has 1 aromatic heterocycles. The van der Waals surface area contributed by atoms with E-state index in [4.69, 9.17) is 4.42 Å². The molecule has 4 heteroatoms. The molecular formula is C64H71BN2O. The van der Waals surface area contributed by atoms with E-state index in [0.29, 0.717) is 0 Å². The molecule has 0 saturated carbocycles. The van der Waals surface area contributed by atoms with Crippen molar-refractivity contribution < 1.29 is 4.42 Å². The van der Waals surface area contributed by atoms with Crippen LogP contribution in [0.3, 0.4) is 0 Å². The lowest BCUT2D eigenvalue weighted by molar-refractivity contribution is 0.280. The fourth-order valence-electron chi connectivity index (χ4n) is 12.4. The van der Waals surface area contributed by atoms with E-state index < -0.39 is 0 Å². The topological polar surface area (TPSA) is 19.6 Å². The summed E-state index contributed by atoms with van der Waals surface area (Å²) < 4.78 is 7.69. The van der Waals surface area contributed by atoms with E-state index in [1.54, 1.807) is 0 Å². The minimum absolute atomic E-state index is 0.00971. The molecule has 3 nitrogen and oxygen atoms in total. The maximum absolute atomic E-state index is 7.69. The summed E-state index contributed by atoms with van der Waals surface area (Å²) >= 11 is 0. The summed E-state index contributed by atoms with van der Waals surface area (Å²) in [6.45, 7) is 33.6. The molecule has 4 aliphatic rings. The smallest absolute Gasteiger partial charge is 0.256 e. The van der Waals surface area contributed by atoms with Gasteiger partial charge in [-0.1, -0.05) is 182 Å². The van der Waals surface area contributed by atoms with Gasteiger partial charge in [-0.05, 0) is 156 Å². The number of hydrogen-bond donors (Lipinski definition) is 0. The summed E-state index contributed by atoms with van der Waals surface area (Å²) in [6, 6.07) is 49.2. The average Bonchev–Trinajstić information content (AvgIpc) is 3.72. The van der Waals surface area contributed by atoms with Gasteiger partial charge in [0.2, 0.25) is 0 Å². The Hall–Kier alpha value is -5.74. The molecule has 0 atom stereocenters. The largest absolute Gasteiger partial charge is 0.444 e. The van der Waals surface area contributed by atoms with Gasteiger partial charge in [-0.25, -0.2) is 0 Å². The van der Waals surface area contributed by atoms with Gasteiger partial charge in [-0.2, -0.15) is 0 Å². The average molecular weight is 895 g/mol. The molecule has 0 amide bonds. The molecule has 0 bridgehead atoms. The van der Waals surface area contributed by atoms with Gasteiger partial charge in [0.1, 0.15) is 5.76 Å². The second kappa shape index (κ2) is 14.9. The van der Waals surface area contributed by atoms with Crippen LogP contribution in [-0.4, -0.2) is 6.71 Å². The first-order chi connectivity index (χ1) is 32.0. The summed E-state index contributed by atoms with van der Waals surface area (Å²) in [5.41, 5.74) is 21.7. The maximum Gasteiger partial charge on any atom is 0.256 e. The highest BCUT2D eigenvalue weighted by atomic mass is 16.4. The summed E-state index contributed by atoms with van der Waals surface area (Å²) in [6.07, 6.45) is 4.48. The quantitative estimate of drug-likeness (QED) is 0.164. The lowest BCUT2D eigenvalue weighted by Crippen LogP contribution is -2.63. The standard InChI is InChI=1S/C64H71BN2O/c1-59(2,3)43-25-28-45(29-26-43)66-52-35-42(40-21-17-15-18-22-40)36-53-55(52)65(56-54-57(68-58(56)66)64(13,14)34-33-63(54,11)12)49-38-47-48(62(9,10)32-31-61(47,7)8)39-51(49)67(53)50-30-27-44(60(4,5)6)37-46(50)41-23-19-16-20-24-41/h15-30,35-39H,31-34H2,1-14H3. The van der Waals surface area contributed by atoms with Gasteiger partial charge < -0.3 is 9.32 Å². The number of hydrogen-bond acceptors (Lipinski definition) is 3. The van der Waals surface area contributed by atoms with Crippen molar-refractivity contribution in [2.24, 2.45) is 0 Å². The summed E-state index contributed by atoms with van der Waals surface area (Å²) in [4.78, 5) is 5.21. The zero-order valence-corrected chi connectivity index (χ0v) is 43.3. The molecule has 0 fully saturated rings. The lowest BCUT2D eigenvalue weighted by Gasteiger charge is -2.47. The van der Waals surface area contributed by atoms with Crippen LogP contribution in [0.25, 0.3) is 22.3 Å². The van der Waals surface area contributed by atoms with Crippen LogP contribution in [0.4, 0.5) is 34.3 Å². The van der Waals surface area contributed by atoms with Crippen LogP contribution in [0.2, 0.25) is 0 Å². The Bertz CT molecular complexity index is 3130. The lowest BCUT2D eigenvalue weighted by atomic mass is 9.32. The summed E-state index contributed by atoms with van der Waals surface area (Å²) in [5, 5.41) is 0. The second-order valence-corrected chi connectivity index (χ2v) is 25.6. The van der Waals surface area contributed by atoms with Crippen LogP contribution in [0.1, 0.15) is 156 Å². The summed E-state index contributed by atoms with van der Waals surface area (Å²) in [5.74, 6) is 2.13. The van der Waals surface area contributed by atoms with E-state index in [9.17, 15) is 0 Å². The highest BCUT2D eigenvalue weighted by Gasteiger charge is 2.53. The van der Waals surface area contributed by atoms with E-state index in [0.717, 1.165) is 43.0 Å². The minimum atomic E-state index is -0.126. The van der Waals surface area contributed by atoms with Crippen molar-refractivity contribution in [1.82, 2.24) is 0 Å². The highest BCUT2D eigenvalue weighted by molar-refractivity contribution is 7.00. The number of anilines is 6. The zero-order chi connectivity index (χ0) is 48.1. The number of rotatable bonds is 4. The Labute approximate surface area is 408 Å². The van der Waals surface area contributed by atoms with Crippen LogP contribution < -0.4 is 26.2 Å². The minimum Gasteiger partial charge on any atom is -0.444 e. The first-order valence-corrected chi connectivity index (χ1v) is 25.5. The number of fused-ring (bicyclic) bond motifs is 7. The van der Waals surface area contributed by atoms with Crippen molar-refractivity contribution in [3.8, 4) is 22.3 Å². The first kappa shape index (κ1) is 44.8. The van der Waals surface area contributed by atoms with Gasteiger partial charge in [0.25, 0.3) is 6.71 Å². The Balaban J connectivity index is 1.33. The van der Waals surface area contributed by atoms with Crippen molar-refractivity contribution in [3.63, 3.8) is 0 Å². The molecule has 346 valence electrons. The molecule has 3 heterocycles. The van der Waals surface area contributed by atoms with Gasteiger partial charge >= 0.3 is 0 Å². The van der Waals surface area contributed by atoms with Crippen LogP contribution in [0, 0.1) is 0 Å². The third-order valence-corrected chi connectivity index (χ3v) is 16.8. The first-order valence-electron chi connectivity index (χ1n) is 25.5. The predicted molar refractivity (Wildman–Crippen MR) is 292 cm³/mol. The molecule has 2 aliphatic carbocycles. The van der Waals surface area contributed by atoms with Gasteiger partial charge in [0.05, 0.1) is 5.69 Å². The SMILES string of the molecule is CC(C)(C)c1ccc(N2c3cc(-c4ccccc4)cc4c3B(c3cc5c(cc3N4c3ccc(C(C)(C)C)cc3-c3ccccc3)C(C)(C)CCC5(C)C)c3c2oc2c3C(C)(C)CCC2(C)C)cc1. The van der Waals surface area contributed by atoms with E-state index in [1.165, 1.54) is 89.2 Å². The van der Waals surface area contributed by atoms with E-state index in [1.807, 2.05) is 0 Å². The predicted octanol–water partition coefficient (Wildman–Crippen LogP) is 16.0. The second-order valence-electron chi connectivity index (χ2n) is 25.6. The summed E-state index contributed by atoms with van der Waals surface area (Å²) in [7, 11) is 0. The van der Waals surface area contributed by atoms with Crippen molar-refractivity contribution in [3.05, 3.63) is 161 Å². The number of furan rings is 1. The van der Waals surface area contributed by atoms with Crippen molar-refractivity contribution in [2.75, 3.05) is 9.80 Å². The molecule has 0 spiro atoms. The van der Waals surface area contributed by atoms with Crippen molar-refractivity contribution in [1.29, 1.82) is 0 Å². The molecule has 6 aromatic carbocycles. The Morgan fingerprint density at radius 3 is 1.59 bits per heavy atom. The van der Waals surface area contributed by atoms with E-state index in [-0.39, 0.29) is 39.2 Å². The molecule has 0 saturated heterocycles. The molecule has 2 aliphatic heterocycles. The molecule has 0 radical (unpaired) electrons. The third kappa shape index (κ3) is 6.89. The molecular weight excluding hydrogens is 824 g/mol. The third-order valence-electron chi connectivity index (χ3n) is 16.8. The molecule has 11 rings (SSSR count). The number of nitrogens with zero attached hydrogens (tertiary/aromatic N) is 2. The normalized spacial score (nSPS) is 18.3. The van der Waals surface area contributed by atoms with Gasteiger partial charge in [-0.15, -0.1) is 0 Å². The fraction of sp³-hybridized carbons (Fsp3) is 0.375. The zero-order valence-electron chi connectivity index (χ0n) is 43.3. The fourth-order valence-corrected chi connectivity index (χ4v) is 12.4. The molecule has 68 heavy (non-hydrogen) atoms. The Morgan fingerprint density at radius 2 is 0.985 bits per heavy atom. The van der Waals surface area contributed by atoms with E-state index >= 15 is 0 Å². The highest BCUT2D eigenvalue weighted by Crippen LogP contribution is 2.55. The molecule has 0 unspecified atom stereocenters. The van der Waals surface area contributed by atoms with Crippen molar-refractivity contribution >= 4 is 57.4 Å². The van der Waals surface area contributed by atoms with Gasteiger partial charge in [0, 0.05) is 33.7 Å². The van der Waals surface area contributed by atoms with E-state index in [2.05, 4.69) is 234 Å². The van der Waals surface area contributed by atoms with Crippen LogP contribution >= 0.6 is 0 Å². The Morgan fingerprint density at radius 1 is 0.456 bits per heavy atom. The van der Waals surface area contributed by atoms with Gasteiger partial charge in [0.15, 0.2) is 5.88 Å². The monoisotopic (exact) mass is 895 g/mol. The van der Waals surface area contributed by atoms with Crippen LogP contribution in [0.5, 0.6) is 0 Å². The van der Waals surface area contributed by atoms with Crippen LogP contribution in [-0.2, 0) is 32.5 Å². The van der Waals surface area contributed by atoms with Crippen LogP contribution in [0.15, 0.2) is 132 Å². The molecule has 7 aromatic rings.